The van der Waals surface area contributed by atoms with Gasteiger partial charge in [-0.2, -0.15) is 4.37 Å². The first kappa shape index (κ1) is 24.0. The van der Waals surface area contributed by atoms with Crippen molar-refractivity contribution in [2.45, 2.75) is 20.3 Å². The zero-order valence-electron chi connectivity index (χ0n) is 20.3. The number of nitrogens with zero attached hydrogens (tertiary/aromatic N) is 3. The van der Waals surface area contributed by atoms with Crippen molar-refractivity contribution in [2.24, 2.45) is 0 Å². The van der Waals surface area contributed by atoms with Gasteiger partial charge in [0.15, 0.2) is 11.5 Å². The molecule has 0 radical (unpaired) electrons. The van der Waals surface area contributed by atoms with E-state index in [9.17, 15) is 4.79 Å². The van der Waals surface area contributed by atoms with E-state index >= 15 is 0 Å². The predicted octanol–water partition coefficient (Wildman–Crippen LogP) is 4.58. The topological polar surface area (TPSA) is 66.9 Å². The van der Waals surface area contributed by atoms with Gasteiger partial charge in [0.25, 0.3) is 0 Å². The minimum atomic E-state index is -0.141. The van der Waals surface area contributed by atoms with Crippen molar-refractivity contribution in [1.29, 1.82) is 0 Å². The lowest BCUT2D eigenvalue weighted by atomic mass is 10.1. The number of hydrogen-bond donors (Lipinski definition) is 1. The maximum Gasteiger partial charge on any atom is 0.248 e. The Hall–Kier alpha value is -3.10. The van der Waals surface area contributed by atoms with Gasteiger partial charge >= 0.3 is 0 Å². The summed E-state index contributed by atoms with van der Waals surface area (Å²) in [5.41, 5.74) is 2.74. The van der Waals surface area contributed by atoms with Gasteiger partial charge in [-0.25, -0.2) is 0 Å². The molecule has 0 atom stereocenters. The maximum atomic E-state index is 12.4. The number of methoxy groups -OCH3 is 2. The van der Waals surface area contributed by atoms with Crippen molar-refractivity contribution < 1.29 is 14.3 Å². The van der Waals surface area contributed by atoms with E-state index in [1.165, 1.54) is 10.1 Å². The molecular formula is C26H32N4O3S. The lowest BCUT2D eigenvalue weighted by molar-refractivity contribution is -0.112. The van der Waals surface area contributed by atoms with Gasteiger partial charge in [-0.3, -0.25) is 9.69 Å². The van der Waals surface area contributed by atoms with Crippen LogP contribution in [0.3, 0.4) is 0 Å². The Morgan fingerprint density at radius 1 is 1.09 bits per heavy atom. The van der Waals surface area contributed by atoms with Crippen LogP contribution >= 0.6 is 11.5 Å². The van der Waals surface area contributed by atoms with E-state index < -0.39 is 0 Å². The molecule has 0 saturated carbocycles. The summed E-state index contributed by atoms with van der Waals surface area (Å²) >= 11 is 1.57. The van der Waals surface area contributed by atoms with Crippen LogP contribution in [0.25, 0.3) is 10.1 Å². The number of allylic oxidation sites excluding steroid dienone is 1. The van der Waals surface area contributed by atoms with Crippen LogP contribution in [0.1, 0.15) is 19.4 Å². The molecular weight excluding hydrogens is 448 g/mol. The molecule has 2 heterocycles. The first-order valence-electron chi connectivity index (χ1n) is 11.5. The normalized spacial score (nSPS) is 14.2. The highest BCUT2D eigenvalue weighted by Crippen LogP contribution is 2.34. The van der Waals surface area contributed by atoms with Crippen LogP contribution in [0.5, 0.6) is 11.5 Å². The number of ether oxygens (including phenoxy) is 2. The minimum Gasteiger partial charge on any atom is -0.493 e. The first-order chi connectivity index (χ1) is 16.5. The van der Waals surface area contributed by atoms with Crippen molar-refractivity contribution in [3.63, 3.8) is 0 Å². The molecule has 0 spiro atoms. The second kappa shape index (κ2) is 10.9. The second-order valence-electron chi connectivity index (χ2n) is 8.66. The van der Waals surface area contributed by atoms with E-state index in [4.69, 9.17) is 13.8 Å². The molecule has 34 heavy (non-hydrogen) atoms. The molecule has 180 valence electrons. The zero-order chi connectivity index (χ0) is 24.1. The lowest BCUT2D eigenvalue weighted by Crippen LogP contribution is -2.47. The van der Waals surface area contributed by atoms with E-state index in [1.807, 2.05) is 26.0 Å². The second-order valence-corrected chi connectivity index (χ2v) is 9.46. The van der Waals surface area contributed by atoms with Crippen LogP contribution in [-0.2, 0) is 11.2 Å². The van der Waals surface area contributed by atoms with Gasteiger partial charge in [0.1, 0.15) is 5.82 Å². The van der Waals surface area contributed by atoms with Gasteiger partial charge in [0.2, 0.25) is 5.91 Å². The maximum absolute atomic E-state index is 12.4. The zero-order valence-corrected chi connectivity index (χ0v) is 21.1. The Bertz CT molecular complexity index is 1180. The van der Waals surface area contributed by atoms with E-state index in [0.29, 0.717) is 11.5 Å². The summed E-state index contributed by atoms with van der Waals surface area (Å²) in [6, 6.07) is 12.2. The van der Waals surface area contributed by atoms with Gasteiger partial charge in [-0.15, -0.1) is 0 Å². The van der Waals surface area contributed by atoms with Crippen LogP contribution in [0.2, 0.25) is 0 Å². The van der Waals surface area contributed by atoms with Crippen LogP contribution < -0.4 is 19.7 Å². The third kappa shape index (κ3) is 5.51. The molecule has 4 rings (SSSR count). The number of rotatable bonds is 8. The van der Waals surface area contributed by atoms with Gasteiger partial charge in [-0.05, 0) is 55.6 Å². The largest absolute Gasteiger partial charge is 0.493 e. The number of fused-ring (bicyclic) bond motifs is 1. The Balaban J connectivity index is 1.42. The summed E-state index contributed by atoms with van der Waals surface area (Å²) in [5, 5.41) is 4.25. The number of benzene rings is 2. The summed E-state index contributed by atoms with van der Waals surface area (Å²) < 4.78 is 16.9. The summed E-state index contributed by atoms with van der Waals surface area (Å²) in [6.45, 7) is 8.55. The quantitative estimate of drug-likeness (QED) is 0.476. The first-order valence-corrected chi connectivity index (χ1v) is 12.3. The fourth-order valence-electron chi connectivity index (χ4n) is 4.24. The molecule has 2 aromatic carbocycles. The number of carbonyl (C=O) groups is 1. The molecule has 0 bridgehead atoms. The van der Waals surface area contributed by atoms with Gasteiger partial charge in [0.05, 0.1) is 18.9 Å². The predicted molar refractivity (Wildman–Crippen MR) is 140 cm³/mol. The average molecular weight is 481 g/mol. The highest BCUT2D eigenvalue weighted by Gasteiger charge is 2.21. The molecule has 0 aliphatic carbocycles. The average Bonchev–Trinajstić information content (AvgIpc) is 3.27. The van der Waals surface area contributed by atoms with Crippen molar-refractivity contribution in [3.05, 3.63) is 53.6 Å². The molecule has 1 aliphatic heterocycles. The Kier molecular flexibility index (Phi) is 7.70. The number of hydrogen-bond acceptors (Lipinski definition) is 7. The molecule has 3 aromatic rings. The molecule has 1 amide bonds. The summed E-state index contributed by atoms with van der Waals surface area (Å²) in [4.78, 5) is 17.2. The van der Waals surface area contributed by atoms with E-state index in [1.54, 1.807) is 31.8 Å². The van der Waals surface area contributed by atoms with Crippen LogP contribution in [-0.4, -0.2) is 62.1 Å². The molecule has 1 N–H and O–H groups in total. The minimum absolute atomic E-state index is 0.141. The fourth-order valence-corrected chi connectivity index (χ4v) is 5.03. The summed E-state index contributed by atoms with van der Waals surface area (Å²) in [7, 11) is 3.23. The molecule has 7 nitrogen and oxygen atoms in total. The summed E-state index contributed by atoms with van der Waals surface area (Å²) in [5.74, 6) is 2.22. The lowest BCUT2D eigenvalue weighted by Gasteiger charge is -2.35. The smallest absolute Gasteiger partial charge is 0.248 e. The Labute approximate surface area is 205 Å². The SMILES string of the molecule is COc1cc(CCN2CCN(c3nsc4ccccc34)CC2)c(NC(=O)C=C(C)C)cc1OC. The van der Waals surface area contributed by atoms with Crippen molar-refractivity contribution in [1.82, 2.24) is 9.27 Å². The number of piperazine rings is 1. The van der Waals surface area contributed by atoms with E-state index in [0.717, 1.165) is 61.8 Å². The van der Waals surface area contributed by atoms with Gasteiger partial charge in [-0.1, -0.05) is 17.7 Å². The van der Waals surface area contributed by atoms with Crippen molar-refractivity contribution in [3.8, 4) is 11.5 Å². The molecule has 1 aromatic heterocycles. The highest BCUT2D eigenvalue weighted by atomic mass is 32.1. The Morgan fingerprint density at radius 2 is 1.79 bits per heavy atom. The number of nitrogens with one attached hydrogen (secondary N) is 1. The van der Waals surface area contributed by atoms with Crippen molar-refractivity contribution in [2.75, 3.05) is 57.2 Å². The molecule has 1 fully saturated rings. The van der Waals surface area contributed by atoms with Crippen LogP contribution in [0, 0.1) is 0 Å². The third-order valence-electron chi connectivity index (χ3n) is 6.01. The molecule has 8 heteroatoms. The Morgan fingerprint density at radius 3 is 2.50 bits per heavy atom. The number of amides is 1. The molecule has 0 unspecified atom stereocenters. The third-order valence-corrected chi connectivity index (χ3v) is 6.83. The highest BCUT2D eigenvalue weighted by molar-refractivity contribution is 7.13. The number of anilines is 2. The van der Waals surface area contributed by atoms with E-state index in [-0.39, 0.29) is 5.91 Å². The monoisotopic (exact) mass is 480 g/mol. The number of carbonyl (C=O) groups excluding carboxylic acids is 1. The van der Waals surface area contributed by atoms with Gasteiger partial charge < -0.3 is 19.7 Å². The van der Waals surface area contributed by atoms with Crippen LogP contribution in [0.15, 0.2) is 48.0 Å². The van der Waals surface area contributed by atoms with Crippen LogP contribution in [0.4, 0.5) is 11.5 Å². The van der Waals surface area contributed by atoms with Gasteiger partial charge in [0, 0.05) is 55.9 Å². The molecule has 1 aliphatic rings. The van der Waals surface area contributed by atoms with E-state index in [2.05, 4.69) is 39.4 Å². The standard InChI is InChI=1S/C26H32N4O3S/c1-18(2)15-25(31)27-21-17-23(33-4)22(32-3)16-19(21)9-10-29-11-13-30(14-12-29)26-20-7-5-6-8-24(20)34-28-26/h5-8,15-17H,9-14H2,1-4H3,(H,27,31). The molecule has 1 saturated heterocycles. The summed E-state index contributed by atoms with van der Waals surface area (Å²) in [6.07, 6.45) is 2.40. The van der Waals surface area contributed by atoms with Crippen molar-refractivity contribution >= 4 is 39.0 Å². The number of aromatic nitrogens is 1. The fraction of sp³-hybridized carbons (Fsp3) is 0.385.